The molecule has 0 aliphatic heterocycles. The summed E-state index contributed by atoms with van der Waals surface area (Å²) >= 11 is 6.04. The van der Waals surface area contributed by atoms with E-state index in [0.717, 1.165) is 16.7 Å². The van der Waals surface area contributed by atoms with E-state index in [2.05, 4.69) is 17.2 Å². The third kappa shape index (κ3) is 6.06. The molecule has 1 N–H and O–H groups in total. The van der Waals surface area contributed by atoms with Crippen molar-refractivity contribution in [2.75, 3.05) is 6.54 Å². The molecule has 118 valence electrons. The molecule has 4 heteroatoms. The van der Waals surface area contributed by atoms with E-state index >= 15 is 0 Å². The van der Waals surface area contributed by atoms with Crippen molar-refractivity contribution in [3.05, 3.63) is 70.2 Å². The maximum absolute atomic E-state index is 11.5. The van der Waals surface area contributed by atoms with Gasteiger partial charge in [-0.3, -0.25) is 0 Å². The second-order valence-corrected chi connectivity index (χ2v) is 5.41. The summed E-state index contributed by atoms with van der Waals surface area (Å²) in [6.45, 7) is 2.66. The van der Waals surface area contributed by atoms with Gasteiger partial charge >= 0.3 is 6.09 Å². The van der Waals surface area contributed by atoms with Crippen molar-refractivity contribution in [1.29, 1.82) is 0 Å². The number of hydrogen-bond acceptors (Lipinski definition) is 2. The van der Waals surface area contributed by atoms with Gasteiger partial charge in [-0.1, -0.05) is 59.8 Å². The summed E-state index contributed by atoms with van der Waals surface area (Å²) in [5, 5.41) is 3.38. The SMILES string of the molecule is Cc1ccc(C#CCCNC(=O)OCc2ccccc2)cc1Cl. The lowest BCUT2D eigenvalue weighted by Crippen LogP contribution is -2.24. The molecule has 0 heterocycles. The number of nitrogens with one attached hydrogen (secondary N) is 1. The second-order valence-electron chi connectivity index (χ2n) is 5.00. The molecular weight excluding hydrogens is 310 g/mol. The Kier molecular flexibility index (Phi) is 6.53. The minimum atomic E-state index is -0.436. The van der Waals surface area contributed by atoms with Crippen molar-refractivity contribution in [1.82, 2.24) is 5.32 Å². The van der Waals surface area contributed by atoms with Gasteiger partial charge in [-0.05, 0) is 30.2 Å². The lowest BCUT2D eigenvalue weighted by atomic mass is 10.1. The number of alkyl carbamates (subject to hydrolysis) is 1. The first kappa shape index (κ1) is 16.9. The molecule has 0 saturated heterocycles. The zero-order chi connectivity index (χ0) is 16.5. The Hall–Kier alpha value is -2.44. The highest BCUT2D eigenvalue weighted by molar-refractivity contribution is 6.31. The van der Waals surface area contributed by atoms with Gasteiger partial charge in [0.25, 0.3) is 0 Å². The summed E-state index contributed by atoms with van der Waals surface area (Å²) in [6, 6.07) is 15.3. The van der Waals surface area contributed by atoms with Crippen LogP contribution in [-0.4, -0.2) is 12.6 Å². The Bertz CT molecular complexity index is 717. The molecule has 0 aliphatic rings. The molecule has 0 aliphatic carbocycles. The van der Waals surface area contributed by atoms with E-state index in [-0.39, 0.29) is 6.61 Å². The van der Waals surface area contributed by atoms with Crippen molar-refractivity contribution >= 4 is 17.7 Å². The Morgan fingerprint density at radius 2 is 2.00 bits per heavy atom. The van der Waals surface area contributed by atoms with E-state index in [9.17, 15) is 4.79 Å². The maximum Gasteiger partial charge on any atom is 0.407 e. The van der Waals surface area contributed by atoms with Crippen LogP contribution in [0.4, 0.5) is 4.79 Å². The van der Waals surface area contributed by atoms with Gasteiger partial charge in [0.2, 0.25) is 0 Å². The molecule has 0 fully saturated rings. The van der Waals surface area contributed by atoms with Crippen LogP contribution >= 0.6 is 11.6 Å². The van der Waals surface area contributed by atoms with Crippen LogP contribution < -0.4 is 5.32 Å². The fourth-order valence-corrected chi connectivity index (χ4v) is 2.02. The minimum Gasteiger partial charge on any atom is -0.445 e. The van der Waals surface area contributed by atoms with Crippen LogP contribution in [-0.2, 0) is 11.3 Å². The molecule has 0 atom stereocenters. The van der Waals surface area contributed by atoms with Crippen LogP contribution in [0, 0.1) is 18.8 Å². The van der Waals surface area contributed by atoms with Crippen molar-refractivity contribution in [2.45, 2.75) is 20.0 Å². The third-order valence-corrected chi connectivity index (χ3v) is 3.54. The summed E-state index contributed by atoms with van der Waals surface area (Å²) < 4.78 is 5.11. The van der Waals surface area contributed by atoms with Crippen molar-refractivity contribution in [3.63, 3.8) is 0 Å². The van der Waals surface area contributed by atoms with E-state index in [0.29, 0.717) is 18.0 Å². The predicted molar refractivity (Wildman–Crippen MR) is 92.3 cm³/mol. The number of ether oxygens (including phenoxy) is 1. The molecule has 1 amide bonds. The summed E-state index contributed by atoms with van der Waals surface area (Å²) in [5.41, 5.74) is 2.85. The maximum atomic E-state index is 11.5. The molecule has 0 bridgehead atoms. The molecule has 0 saturated carbocycles. The zero-order valence-corrected chi connectivity index (χ0v) is 13.7. The predicted octanol–water partition coefficient (Wildman–Crippen LogP) is 4.32. The first-order valence-electron chi connectivity index (χ1n) is 7.35. The number of halogens is 1. The highest BCUT2D eigenvalue weighted by Crippen LogP contribution is 2.15. The number of carbonyl (C=O) groups is 1. The monoisotopic (exact) mass is 327 g/mol. The van der Waals surface area contributed by atoms with E-state index in [4.69, 9.17) is 16.3 Å². The lowest BCUT2D eigenvalue weighted by Gasteiger charge is -2.05. The van der Waals surface area contributed by atoms with Gasteiger partial charge in [-0.15, -0.1) is 0 Å². The van der Waals surface area contributed by atoms with Crippen LogP contribution in [0.25, 0.3) is 0 Å². The molecule has 0 aromatic heterocycles. The van der Waals surface area contributed by atoms with Gasteiger partial charge in [-0.25, -0.2) is 4.79 Å². The summed E-state index contributed by atoms with van der Waals surface area (Å²) in [5.74, 6) is 6.02. The minimum absolute atomic E-state index is 0.264. The lowest BCUT2D eigenvalue weighted by molar-refractivity contribution is 0.140. The molecule has 3 nitrogen and oxygen atoms in total. The zero-order valence-electron chi connectivity index (χ0n) is 12.9. The Balaban J connectivity index is 1.68. The fraction of sp³-hybridized carbons (Fsp3) is 0.211. The highest BCUT2D eigenvalue weighted by atomic mass is 35.5. The van der Waals surface area contributed by atoms with Crippen LogP contribution in [0.2, 0.25) is 5.02 Å². The first-order chi connectivity index (χ1) is 11.1. The van der Waals surface area contributed by atoms with Crippen LogP contribution in [0.3, 0.4) is 0 Å². The van der Waals surface area contributed by atoms with Gasteiger partial charge in [0.05, 0.1) is 0 Å². The van der Waals surface area contributed by atoms with Gasteiger partial charge in [-0.2, -0.15) is 0 Å². The number of aryl methyl sites for hydroxylation is 1. The van der Waals surface area contributed by atoms with E-state index in [1.54, 1.807) is 0 Å². The summed E-state index contributed by atoms with van der Waals surface area (Å²) in [4.78, 5) is 11.5. The summed E-state index contributed by atoms with van der Waals surface area (Å²) in [7, 11) is 0. The van der Waals surface area contributed by atoms with E-state index in [1.807, 2.05) is 55.5 Å². The molecule has 2 rings (SSSR count). The van der Waals surface area contributed by atoms with Crippen LogP contribution in [0.15, 0.2) is 48.5 Å². The van der Waals surface area contributed by atoms with E-state index < -0.39 is 6.09 Å². The number of rotatable bonds is 4. The molecule has 0 spiro atoms. The van der Waals surface area contributed by atoms with Gasteiger partial charge in [0.1, 0.15) is 6.61 Å². The Morgan fingerprint density at radius 3 is 2.74 bits per heavy atom. The molecule has 2 aromatic rings. The largest absolute Gasteiger partial charge is 0.445 e. The first-order valence-corrected chi connectivity index (χ1v) is 7.72. The Morgan fingerprint density at radius 1 is 1.22 bits per heavy atom. The molecule has 0 radical (unpaired) electrons. The highest BCUT2D eigenvalue weighted by Gasteiger charge is 2.00. The molecular formula is C19H18ClNO2. The average molecular weight is 328 g/mol. The summed E-state index contributed by atoms with van der Waals surface area (Å²) in [6.07, 6.45) is 0.111. The van der Waals surface area contributed by atoms with Crippen LogP contribution in [0.1, 0.15) is 23.1 Å². The quantitative estimate of drug-likeness (QED) is 0.671. The van der Waals surface area contributed by atoms with Crippen LogP contribution in [0.5, 0.6) is 0 Å². The van der Waals surface area contributed by atoms with E-state index in [1.165, 1.54) is 0 Å². The standard InChI is InChI=1S/C19H18ClNO2/c1-15-10-11-16(13-18(15)20)7-5-6-12-21-19(22)23-14-17-8-3-2-4-9-17/h2-4,8-11,13H,6,12,14H2,1H3,(H,21,22). The average Bonchev–Trinajstić information content (AvgIpc) is 2.57. The Labute approximate surface area is 141 Å². The molecule has 2 aromatic carbocycles. The number of hydrogen-bond donors (Lipinski definition) is 1. The number of benzene rings is 2. The normalized spacial score (nSPS) is 9.65. The molecule has 23 heavy (non-hydrogen) atoms. The van der Waals surface area contributed by atoms with Gasteiger partial charge in [0, 0.05) is 23.6 Å². The van der Waals surface area contributed by atoms with Gasteiger partial charge in [0.15, 0.2) is 0 Å². The number of carbonyl (C=O) groups excluding carboxylic acids is 1. The number of amides is 1. The topological polar surface area (TPSA) is 38.3 Å². The van der Waals surface area contributed by atoms with Crippen molar-refractivity contribution < 1.29 is 9.53 Å². The molecule has 0 unspecified atom stereocenters. The second kappa shape index (κ2) is 8.87. The van der Waals surface area contributed by atoms with Gasteiger partial charge < -0.3 is 10.1 Å². The third-order valence-electron chi connectivity index (χ3n) is 3.14. The fourth-order valence-electron chi connectivity index (χ4n) is 1.84. The van der Waals surface area contributed by atoms with Crippen molar-refractivity contribution in [3.8, 4) is 11.8 Å². The smallest absolute Gasteiger partial charge is 0.407 e. The van der Waals surface area contributed by atoms with Crippen molar-refractivity contribution in [2.24, 2.45) is 0 Å².